The molecule has 0 spiro atoms. The van der Waals surface area contributed by atoms with E-state index in [0.717, 1.165) is 0 Å². The summed E-state index contributed by atoms with van der Waals surface area (Å²) >= 11 is 0. The van der Waals surface area contributed by atoms with Crippen LogP contribution >= 0.6 is 0 Å². The fraction of sp³-hybridized carbons (Fsp3) is 0.462. The predicted octanol–water partition coefficient (Wildman–Crippen LogP) is 2.88. The maximum Gasteiger partial charge on any atom is 0.573 e. The van der Waals surface area contributed by atoms with Crippen molar-refractivity contribution in [2.75, 3.05) is 7.05 Å². The standard InChI is InChI=1S/C13H16F3NO3/c1-12(2,11(18)19)17(3)8-9-5-4-6-10(7-9)20-13(14,15)16/h4-7H,8H2,1-3H3,(H,18,19). The SMILES string of the molecule is CN(Cc1cccc(OC(F)(F)F)c1)C(C)(C)C(=O)O. The van der Waals surface area contributed by atoms with Gasteiger partial charge in [0.2, 0.25) is 0 Å². The molecule has 1 aromatic carbocycles. The number of ether oxygens (including phenoxy) is 1. The van der Waals surface area contributed by atoms with Gasteiger partial charge in [-0.25, -0.2) is 0 Å². The Morgan fingerprint density at radius 3 is 2.45 bits per heavy atom. The molecule has 0 bridgehead atoms. The molecule has 20 heavy (non-hydrogen) atoms. The van der Waals surface area contributed by atoms with Gasteiger partial charge in [0.25, 0.3) is 0 Å². The van der Waals surface area contributed by atoms with E-state index >= 15 is 0 Å². The summed E-state index contributed by atoms with van der Waals surface area (Å²) < 4.78 is 40.2. The summed E-state index contributed by atoms with van der Waals surface area (Å²) in [4.78, 5) is 12.6. The van der Waals surface area contributed by atoms with Crippen molar-refractivity contribution in [1.82, 2.24) is 4.90 Å². The Balaban J connectivity index is 2.84. The van der Waals surface area contributed by atoms with Gasteiger partial charge in [0.05, 0.1) is 0 Å². The lowest BCUT2D eigenvalue weighted by atomic mass is 10.0. The van der Waals surface area contributed by atoms with Crippen LogP contribution in [0, 0.1) is 0 Å². The summed E-state index contributed by atoms with van der Waals surface area (Å²) in [5.74, 6) is -1.33. The molecular formula is C13H16F3NO3. The molecule has 0 aromatic heterocycles. The molecule has 0 saturated heterocycles. The molecule has 112 valence electrons. The van der Waals surface area contributed by atoms with Crippen LogP contribution in [-0.4, -0.2) is 34.9 Å². The smallest absolute Gasteiger partial charge is 0.480 e. The maximum absolute atomic E-state index is 12.1. The molecule has 0 radical (unpaired) electrons. The van der Waals surface area contributed by atoms with Gasteiger partial charge < -0.3 is 9.84 Å². The van der Waals surface area contributed by atoms with Crippen LogP contribution in [0.25, 0.3) is 0 Å². The van der Waals surface area contributed by atoms with Gasteiger partial charge in [-0.3, -0.25) is 9.69 Å². The number of carboxylic acids is 1. The first kappa shape index (κ1) is 16.3. The van der Waals surface area contributed by atoms with Gasteiger partial charge in [-0.05, 0) is 38.6 Å². The van der Waals surface area contributed by atoms with Crippen LogP contribution in [0.2, 0.25) is 0 Å². The lowest BCUT2D eigenvalue weighted by molar-refractivity contribution is -0.274. The number of hydrogen-bond donors (Lipinski definition) is 1. The molecule has 1 aromatic rings. The van der Waals surface area contributed by atoms with E-state index in [-0.39, 0.29) is 12.3 Å². The number of carbonyl (C=O) groups is 1. The van der Waals surface area contributed by atoms with E-state index in [1.165, 1.54) is 36.9 Å². The maximum atomic E-state index is 12.1. The van der Waals surface area contributed by atoms with E-state index in [4.69, 9.17) is 5.11 Å². The van der Waals surface area contributed by atoms with Crippen LogP contribution in [0.15, 0.2) is 24.3 Å². The molecule has 0 aliphatic heterocycles. The minimum Gasteiger partial charge on any atom is -0.480 e. The Kier molecular flexibility index (Phi) is 4.65. The molecule has 0 saturated carbocycles. The molecule has 1 N–H and O–H groups in total. The summed E-state index contributed by atoms with van der Waals surface area (Å²) in [6.07, 6.45) is -4.75. The molecule has 0 amide bonds. The number of hydrogen-bond acceptors (Lipinski definition) is 3. The molecule has 0 aliphatic carbocycles. The third-order valence-electron chi connectivity index (χ3n) is 3.03. The number of benzene rings is 1. The minimum atomic E-state index is -4.75. The van der Waals surface area contributed by atoms with Crippen molar-refractivity contribution in [3.8, 4) is 5.75 Å². The van der Waals surface area contributed by atoms with Gasteiger partial charge in [0.1, 0.15) is 11.3 Å². The molecular weight excluding hydrogens is 275 g/mol. The second-order valence-electron chi connectivity index (χ2n) is 4.92. The van der Waals surface area contributed by atoms with Crippen molar-refractivity contribution in [3.05, 3.63) is 29.8 Å². The van der Waals surface area contributed by atoms with Crippen molar-refractivity contribution in [3.63, 3.8) is 0 Å². The highest BCUT2D eigenvalue weighted by Gasteiger charge is 2.33. The van der Waals surface area contributed by atoms with Crippen LogP contribution in [0.5, 0.6) is 5.75 Å². The van der Waals surface area contributed by atoms with Crippen molar-refractivity contribution in [1.29, 1.82) is 0 Å². The van der Waals surface area contributed by atoms with Crippen molar-refractivity contribution < 1.29 is 27.8 Å². The van der Waals surface area contributed by atoms with E-state index in [9.17, 15) is 18.0 Å². The zero-order valence-electron chi connectivity index (χ0n) is 11.4. The predicted molar refractivity (Wildman–Crippen MR) is 66.3 cm³/mol. The molecule has 7 heteroatoms. The van der Waals surface area contributed by atoms with Gasteiger partial charge in [-0.1, -0.05) is 12.1 Å². The number of carboxylic acid groups (broad SMARTS) is 1. The average Bonchev–Trinajstić information content (AvgIpc) is 2.26. The van der Waals surface area contributed by atoms with Crippen LogP contribution in [-0.2, 0) is 11.3 Å². The highest BCUT2D eigenvalue weighted by atomic mass is 19.4. The van der Waals surface area contributed by atoms with E-state index in [1.54, 1.807) is 13.1 Å². The fourth-order valence-corrected chi connectivity index (χ4v) is 1.48. The Bertz CT molecular complexity index is 486. The molecule has 0 aliphatic rings. The summed E-state index contributed by atoms with van der Waals surface area (Å²) in [6.45, 7) is 3.23. The van der Waals surface area contributed by atoms with Crippen molar-refractivity contribution in [2.45, 2.75) is 32.3 Å². The number of rotatable bonds is 5. The van der Waals surface area contributed by atoms with Crippen LogP contribution in [0.4, 0.5) is 13.2 Å². The first-order chi connectivity index (χ1) is 9.02. The van der Waals surface area contributed by atoms with Gasteiger partial charge in [-0.2, -0.15) is 0 Å². The fourth-order valence-electron chi connectivity index (χ4n) is 1.48. The molecule has 4 nitrogen and oxygen atoms in total. The van der Waals surface area contributed by atoms with Gasteiger partial charge in [0, 0.05) is 6.54 Å². The summed E-state index contributed by atoms with van der Waals surface area (Å²) in [7, 11) is 1.59. The number of aliphatic carboxylic acids is 1. The summed E-state index contributed by atoms with van der Waals surface area (Å²) in [5.41, 5.74) is -0.593. The van der Waals surface area contributed by atoms with Gasteiger partial charge in [-0.15, -0.1) is 13.2 Å². The Hall–Kier alpha value is -1.76. The second kappa shape index (κ2) is 5.70. The Labute approximate surface area is 114 Å². The topological polar surface area (TPSA) is 49.8 Å². The first-order valence-electron chi connectivity index (χ1n) is 5.81. The van der Waals surface area contributed by atoms with E-state index in [0.29, 0.717) is 5.56 Å². The number of halogens is 3. The summed E-state index contributed by atoms with van der Waals surface area (Å²) in [5, 5.41) is 9.08. The highest BCUT2D eigenvalue weighted by molar-refractivity contribution is 5.77. The Morgan fingerprint density at radius 1 is 1.35 bits per heavy atom. The lowest BCUT2D eigenvalue weighted by Crippen LogP contribution is -2.47. The monoisotopic (exact) mass is 291 g/mol. The van der Waals surface area contributed by atoms with Gasteiger partial charge in [0.15, 0.2) is 0 Å². The highest BCUT2D eigenvalue weighted by Crippen LogP contribution is 2.24. The van der Waals surface area contributed by atoms with Crippen LogP contribution in [0.1, 0.15) is 19.4 Å². The van der Waals surface area contributed by atoms with Crippen LogP contribution < -0.4 is 4.74 Å². The summed E-state index contributed by atoms with van der Waals surface area (Å²) in [6, 6.07) is 5.47. The first-order valence-corrected chi connectivity index (χ1v) is 5.81. The largest absolute Gasteiger partial charge is 0.573 e. The average molecular weight is 291 g/mol. The minimum absolute atomic E-state index is 0.189. The third kappa shape index (κ3) is 4.41. The number of alkyl halides is 3. The van der Waals surface area contributed by atoms with Crippen molar-refractivity contribution >= 4 is 5.97 Å². The molecule has 0 atom stereocenters. The van der Waals surface area contributed by atoms with E-state index < -0.39 is 17.9 Å². The second-order valence-corrected chi connectivity index (χ2v) is 4.92. The molecule has 0 fully saturated rings. The third-order valence-corrected chi connectivity index (χ3v) is 3.03. The van der Waals surface area contributed by atoms with Crippen molar-refractivity contribution in [2.24, 2.45) is 0 Å². The normalized spacial score (nSPS) is 12.6. The van der Waals surface area contributed by atoms with Gasteiger partial charge >= 0.3 is 12.3 Å². The van der Waals surface area contributed by atoms with E-state index in [1.807, 2.05) is 0 Å². The van der Waals surface area contributed by atoms with Crippen LogP contribution in [0.3, 0.4) is 0 Å². The molecule has 0 unspecified atom stereocenters. The molecule has 1 rings (SSSR count). The van der Waals surface area contributed by atoms with E-state index in [2.05, 4.69) is 4.74 Å². The Morgan fingerprint density at radius 2 is 1.95 bits per heavy atom. The number of likely N-dealkylation sites (N-methyl/N-ethyl adjacent to an activating group) is 1. The lowest BCUT2D eigenvalue weighted by Gasteiger charge is -2.31. The zero-order valence-corrected chi connectivity index (χ0v) is 11.4. The molecule has 0 heterocycles. The number of nitrogens with zero attached hydrogens (tertiary/aromatic N) is 1. The zero-order chi connectivity index (χ0) is 15.6. The quantitative estimate of drug-likeness (QED) is 0.906.